The number of aryl methyl sites for hydroxylation is 2. The standard InChI is InChI=1S/C33H40O8/c1-4-25(2)32(34)40-24-22-38-20-19-37-21-23-39-30-17-11-28(12-18-30)33(35)41-31-15-9-27(10-16-31)6-5-26-7-13-29(36-3)14-8-26/h7-18,25H,4-6,19-24H2,1-3H3. The van der Waals surface area contributed by atoms with Crippen LogP contribution in [-0.2, 0) is 31.8 Å². The molecule has 1 atom stereocenters. The number of hydrogen-bond donors (Lipinski definition) is 0. The Morgan fingerprint density at radius 1 is 0.659 bits per heavy atom. The largest absolute Gasteiger partial charge is 0.497 e. The third-order valence-electron chi connectivity index (χ3n) is 6.44. The zero-order valence-corrected chi connectivity index (χ0v) is 24.1. The summed E-state index contributed by atoms with van der Waals surface area (Å²) in [6.07, 6.45) is 2.56. The normalized spacial score (nSPS) is 11.5. The highest BCUT2D eigenvalue weighted by Gasteiger charge is 2.11. The van der Waals surface area contributed by atoms with Gasteiger partial charge in [0.25, 0.3) is 0 Å². The minimum atomic E-state index is -0.430. The van der Waals surface area contributed by atoms with E-state index in [4.69, 9.17) is 28.4 Å². The van der Waals surface area contributed by atoms with Gasteiger partial charge in [-0.1, -0.05) is 38.1 Å². The summed E-state index contributed by atoms with van der Waals surface area (Å²) in [5.41, 5.74) is 2.84. The molecule has 0 bridgehead atoms. The SMILES string of the molecule is CCC(C)C(=O)OCCOCCOCCOc1ccc(C(=O)Oc2ccc(CCc3ccc(OC)cc3)cc2)cc1. The Morgan fingerprint density at radius 3 is 1.73 bits per heavy atom. The van der Waals surface area contributed by atoms with Gasteiger partial charge < -0.3 is 28.4 Å². The summed E-state index contributed by atoms with van der Waals surface area (Å²) >= 11 is 0. The predicted octanol–water partition coefficient (Wildman–Crippen LogP) is 5.70. The van der Waals surface area contributed by atoms with E-state index in [2.05, 4.69) is 12.1 Å². The molecule has 0 aliphatic rings. The van der Waals surface area contributed by atoms with Crippen LogP contribution >= 0.6 is 0 Å². The second-order valence-corrected chi connectivity index (χ2v) is 9.46. The molecule has 0 saturated heterocycles. The Bertz CT molecular complexity index is 1170. The number of benzene rings is 3. The van der Waals surface area contributed by atoms with Crippen molar-refractivity contribution in [3.63, 3.8) is 0 Å². The summed E-state index contributed by atoms with van der Waals surface area (Å²) in [4.78, 5) is 24.1. The average Bonchev–Trinajstić information content (AvgIpc) is 3.01. The van der Waals surface area contributed by atoms with Gasteiger partial charge in [0.15, 0.2) is 0 Å². The van der Waals surface area contributed by atoms with Crippen LogP contribution in [0, 0.1) is 5.92 Å². The van der Waals surface area contributed by atoms with Crippen molar-refractivity contribution in [2.75, 3.05) is 46.8 Å². The van der Waals surface area contributed by atoms with Crippen LogP contribution in [0.25, 0.3) is 0 Å². The number of carbonyl (C=O) groups excluding carboxylic acids is 2. The minimum absolute atomic E-state index is 0.0889. The molecular weight excluding hydrogens is 524 g/mol. The van der Waals surface area contributed by atoms with Crippen LogP contribution in [0.1, 0.15) is 41.8 Å². The van der Waals surface area contributed by atoms with Gasteiger partial charge in [-0.05, 0) is 78.9 Å². The first-order valence-electron chi connectivity index (χ1n) is 14.0. The van der Waals surface area contributed by atoms with E-state index >= 15 is 0 Å². The Morgan fingerprint density at radius 2 is 1.17 bits per heavy atom. The van der Waals surface area contributed by atoms with Crippen LogP contribution in [0.5, 0.6) is 17.2 Å². The predicted molar refractivity (Wildman–Crippen MR) is 156 cm³/mol. The van der Waals surface area contributed by atoms with Crippen molar-refractivity contribution in [2.24, 2.45) is 5.92 Å². The number of methoxy groups -OCH3 is 1. The van der Waals surface area contributed by atoms with Gasteiger partial charge >= 0.3 is 11.9 Å². The molecule has 0 fully saturated rings. The minimum Gasteiger partial charge on any atom is -0.497 e. The van der Waals surface area contributed by atoms with Gasteiger partial charge in [0.1, 0.15) is 30.5 Å². The highest BCUT2D eigenvalue weighted by atomic mass is 16.6. The molecule has 3 rings (SSSR count). The quantitative estimate of drug-likeness (QED) is 0.110. The Kier molecular flexibility index (Phi) is 13.7. The van der Waals surface area contributed by atoms with Crippen LogP contribution in [-0.4, -0.2) is 58.7 Å². The second kappa shape index (κ2) is 17.7. The zero-order valence-electron chi connectivity index (χ0n) is 24.1. The first-order chi connectivity index (χ1) is 20.0. The number of hydrogen-bond acceptors (Lipinski definition) is 8. The fourth-order valence-electron chi connectivity index (χ4n) is 3.71. The molecule has 8 nitrogen and oxygen atoms in total. The van der Waals surface area contributed by atoms with E-state index in [1.807, 2.05) is 50.2 Å². The molecule has 41 heavy (non-hydrogen) atoms. The van der Waals surface area contributed by atoms with Gasteiger partial charge in [-0.15, -0.1) is 0 Å². The molecule has 0 heterocycles. The summed E-state index contributed by atoms with van der Waals surface area (Å²) in [5, 5.41) is 0. The molecule has 0 radical (unpaired) electrons. The maximum absolute atomic E-state index is 12.5. The van der Waals surface area contributed by atoms with Crippen LogP contribution in [0.4, 0.5) is 0 Å². The number of ether oxygens (including phenoxy) is 6. The molecule has 3 aromatic carbocycles. The summed E-state index contributed by atoms with van der Waals surface area (Å²) in [6.45, 7) is 5.95. The van der Waals surface area contributed by atoms with Crippen LogP contribution in [0.2, 0.25) is 0 Å². The van der Waals surface area contributed by atoms with Gasteiger partial charge in [-0.2, -0.15) is 0 Å². The lowest BCUT2D eigenvalue weighted by Crippen LogP contribution is -2.18. The molecule has 0 N–H and O–H groups in total. The average molecular weight is 565 g/mol. The van der Waals surface area contributed by atoms with Gasteiger partial charge in [-0.25, -0.2) is 4.79 Å². The first-order valence-corrected chi connectivity index (χ1v) is 14.0. The maximum atomic E-state index is 12.5. The lowest BCUT2D eigenvalue weighted by Gasteiger charge is -2.10. The summed E-state index contributed by atoms with van der Waals surface area (Å²) in [5.74, 6) is 1.26. The van der Waals surface area contributed by atoms with Gasteiger partial charge in [0.05, 0.1) is 45.0 Å². The van der Waals surface area contributed by atoms with Crippen LogP contribution < -0.4 is 14.2 Å². The van der Waals surface area contributed by atoms with Gasteiger partial charge in [0, 0.05) is 0 Å². The maximum Gasteiger partial charge on any atom is 0.343 e. The third kappa shape index (κ3) is 11.6. The second-order valence-electron chi connectivity index (χ2n) is 9.46. The molecule has 0 aromatic heterocycles. The van der Waals surface area contributed by atoms with E-state index in [-0.39, 0.29) is 18.5 Å². The molecule has 0 spiro atoms. The molecule has 220 valence electrons. The topological polar surface area (TPSA) is 89.5 Å². The lowest BCUT2D eigenvalue weighted by molar-refractivity contribution is -0.149. The summed E-state index contributed by atoms with van der Waals surface area (Å²) in [7, 11) is 1.66. The van der Waals surface area contributed by atoms with Crippen LogP contribution in [0.15, 0.2) is 72.8 Å². The number of esters is 2. The van der Waals surface area contributed by atoms with Gasteiger partial charge in [0.2, 0.25) is 0 Å². The summed E-state index contributed by atoms with van der Waals surface area (Å²) < 4.78 is 32.4. The number of carbonyl (C=O) groups is 2. The van der Waals surface area contributed by atoms with Crippen molar-refractivity contribution in [3.8, 4) is 17.2 Å². The van der Waals surface area contributed by atoms with E-state index < -0.39 is 5.97 Å². The zero-order chi connectivity index (χ0) is 29.3. The molecule has 0 saturated carbocycles. The fourth-order valence-corrected chi connectivity index (χ4v) is 3.71. The lowest BCUT2D eigenvalue weighted by atomic mass is 10.0. The van der Waals surface area contributed by atoms with Gasteiger partial charge in [-0.3, -0.25) is 4.79 Å². The van der Waals surface area contributed by atoms with Crippen LogP contribution in [0.3, 0.4) is 0 Å². The van der Waals surface area contributed by atoms with E-state index in [0.29, 0.717) is 50.1 Å². The highest BCUT2D eigenvalue weighted by Crippen LogP contribution is 2.18. The van der Waals surface area contributed by atoms with Crippen molar-refractivity contribution in [1.29, 1.82) is 0 Å². The number of rotatable bonds is 18. The molecule has 0 amide bonds. The molecule has 0 aliphatic carbocycles. The van der Waals surface area contributed by atoms with Crippen molar-refractivity contribution in [1.82, 2.24) is 0 Å². The van der Waals surface area contributed by atoms with E-state index in [0.717, 1.165) is 25.0 Å². The van der Waals surface area contributed by atoms with E-state index in [9.17, 15) is 9.59 Å². The molecule has 8 heteroatoms. The van der Waals surface area contributed by atoms with E-state index in [1.165, 1.54) is 11.1 Å². The smallest absolute Gasteiger partial charge is 0.343 e. The Hall–Kier alpha value is -3.88. The molecule has 3 aromatic rings. The Labute approximate surface area is 242 Å². The fraction of sp³-hybridized carbons (Fsp3) is 0.394. The van der Waals surface area contributed by atoms with Crippen molar-refractivity contribution < 1.29 is 38.0 Å². The monoisotopic (exact) mass is 564 g/mol. The highest BCUT2D eigenvalue weighted by molar-refractivity contribution is 5.91. The molecule has 1 unspecified atom stereocenters. The van der Waals surface area contributed by atoms with Crippen molar-refractivity contribution >= 4 is 11.9 Å². The molecular formula is C33H40O8. The third-order valence-corrected chi connectivity index (χ3v) is 6.44. The van der Waals surface area contributed by atoms with Crippen molar-refractivity contribution in [2.45, 2.75) is 33.1 Å². The molecule has 0 aliphatic heterocycles. The van der Waals surface area contributed by atoms with Crippen molar-refractivity contribution in [3.05, 3.63) is 89.5 Å². The summed E-state index contributed by atoms with van der Waals surface area (Å²) in [6, 6.07) is 22.4. The Balaban J connectivity index is 1.27. The van der Waals surface area contributed by atoms with E-state index in [1.54, 1.807) is 31.4 Å². The first kappa shape index (κ1) is 31.6.